The zero-order valence-corrected chi connectivity index (χ0v) is 11.7. The maximum absolute atomic E-state index is 4.23. The van der Waals surface area contributed by atoms with E-state index in [4.69, 9.17) is 0 Å². The summed E-state index contributed by atoms with van der Waals surface area (Å²) in [5, 5.41) is 3.66. The Bertz CT molecular complexity index is 378. The number of anilines is 2. The van der Waals surface area contributed by atoms with Crippen molar-refractivity contribution >= 4 is 11.4 Å². The van der Waals surface area contributed by atoms with Gasteiger partial charge in [-0.3, -0.25) is 4.98 Å². The molecule has 1 aliphatic heterocycles. The summed E-state index contributed by atoms with van der Waals surface area (Å²) in [7, 11) is 6.35. The third kappa shape index (κ3) is 3.35. The molecule has 1 fully saturated rings. The average molecular weight is 248 g/mol. The SMILES string of the molecule is CN1CCCC(Nc2cnccc2N(C)C)CC1. The standard InChI is InChI=1S/C14H24N4/c1-17(2)14-6-8-15-11-13(14)16-12-5-4-9-18(3)10-7-12/h6,8,11-12,16H,4-5,7,9-10H2,1-3H3. The minimum atomic E-state index is 0.567. The quantitative estimate of drug-likeness (QED) is 0.887. The Hall–Kier alpha value is -1.29. The predicted octanol–water partition coefficient (Wildman–Crippen LogP) is 2.04. The number of nitrogens with one attached hydrogen (secondary N) is 1. The lowest BCUT2D eigenvalue weighted by atomic mass is 10.1. The largest absolute Gasteiger partial charge is 0.379 e. The van der Waals surface area contributed by atoms with Crippen molar-refractivity contribution in [2.45, 2.75) is 25.3 Å². The van der Waals surface area contributed by atoms with E-state index >= 15 is 0 Å². The van der Waals surface area contributed by atoms with Gasteiger partial charge in [0.1, 0.15) is 0 Å². The van der Waals surface area contributed by atoms with Crippen LogP contribution in [0.25, 0.3) is 0 Å². The molecular formula is C14H24N4. The molecule has 0 spiro atoms. The van der Waals surface area contributed by atoms with Gasteiger partial charge in [0.2, 0.25) is 0 Å². The average Bonchev–Trinajstić information content (AvgIpc) is 2.55. The van der Waals surface area contributed by atoms with Crippen LogP contribution >= 0.6 is 0 Å². The van der Waals surface area contributed by atoms with Gasteiger partial charge < -0.3 is 15.1 Å². The third-order valence-corrected chi connectivity index (χ3v) is 3.59. The molecule has 4 nitrogen and oxygen atoms in total. The lowest BCUT2D eigenvalue weighted by Crippen LogP contribution is -2.24. The van der Waals surface area contributed by atoms with Gasteiger partial charge in [-0.2, -0.15) is 0 Å². The van der Waals surface area contributed by atoms with Crippen LogP contribution in [-0.4, -0.2) is 50.2 Å². The number of nitrogens with zero attached hydrogens (tertiary/aromatic N) is 3. The maximum Gasteiger partial charge on any atom is 0.0766 e. The molecule has 0 amide bonds. The van der Waals surface area contributed by atoms with Crippen molar-refractivity contribution in [2.75, 3.05) is 44.4 Å². The fourth-order valence-corrected chi connectivity index (χ4v) is 2.49. The molecule has 1 saturated heterocycles. The van der Waals surface area contributed by atoms with Crippen LogP contribution < -0.4 is 10.2 Å². The smallest absolute Gasteiger partial charge is 0.0766 e. The predicted molar refractivity (Wildman–Crippen MR) is 77.3 cm³/mol. The molecule has 1 unspecified atom stereocenters. The van der Waals surface area contributed by atoms with E-state index in [1.807, 2.05) is 12.4 Å². The molecule has 0 aliphatic carbocycles. The number of pyridine rings is 1. The van der Waals surface area contributed by atoms with Gasteiger partial charge in [-0.15, -0.1) is 0 Å². The molecule has 18 heavy (non-hydrogen) atoms. The number of aromatic nitrogens is 1. The van der Waals surface area contributed by atoms with E-state index in [2.05, 4.69) is 47.3 Å². The van der Waals surface area contributed by atoms with Crippen LogP contribution in [0.4, 0.5) is 11.4 Å². The van der Waals surface area contributed by atoms with Gasteiger partial charge in [-0.1, -0.05) is 0 Å². The molecule has 2 heterocycles. The molecule has 0 saturated carbocycles. The minimum absolute atomic E-state index is 0.567. The second-order valence-corrected chi connectivity index (χ2v) is 5.36. The van der Waals surface area contributed by atoms with Crippen LogP contribution in [0.5, 0.6) is 0 Å². The molecular weight excluding hydrogens is 224 g/mol. The first-order chi connectivity index (χ1) is 8.66. The molecule has 0 aromatic carbocycles. The molecule has 1 N–H and O–H groups in total. The van der Waals surface area contributed by atoms with Crippen molar-refractivity contribution < 1.29 is 0 Å². The summed E-state index contributed by atoms with van der Waals surface area (Å²) in [6.45, 7) is 2.39. The highest BCUT2D eigenvalue weighted by Gasteiger charge is 2.16. The Kier molecular flexibility index (Phi) is 4.42. The van der Waals surface area contributed by atoms with Crippen molar-refractivity contribution in [2.24, 2.45) is 0 Å². The fraction of sp³-hybridized carbons (Fsp3) is 0.643. The first-order valence-corrected chi connectivity index (χ1v) is 6.73. The summed E-state index contributed by atoms with van der Waals surface area (Å²) in [6, 6.07) is 2.63. The molecule has 0 radical (unpaired) electrons. The zero-order valence-electron chi connectivity index (χ0n) is 11.7. The molecule has 2 rings (SSSR count). The van der Waals surface area contributed by atoms with E-state index in [-0.39, 0.29) is 0 Å². The highest BCUT2D eigenvalue weighted by molar-refractivity contribution is 5.68. The van der Waals surface area contributed by atoms with Gasteiger partial charge in [-0.05, 0) is 45.5 Å². The Morgan fingerprint density at radius 1 is 1.33 bits per heavy atom. The van der Waals surface area contributed by atoms with Crippen LogP contribution in [0, 0.1) is 0 Å². The van der Waals surface area contributed by atoms with Crippen molar-refractivity contribution in [3.63, 3.8) is 0 Å². The van der Waals surface area contributed by atoms with Gasteiger partial charge in [-0.25, -0.2) is 0 Å². The highest BCUT2D eigenvalue weighted by Crippen LogP contribution is 2.25. The number of hydrogen-bond acceptors (Lipinski definition) is 4. The summed E-state index contributed by atoms with van der Waals surface area (Å²) in [5.41, 5.74) is 2.36. The molecule has 0 bridgehead atoms. The molecule has 1 aliphatic rings. The molecule has 1 aromatic rings. The van der Waals surface area contributed by atoms with Gasteiger partial charge in [0.05, 0.1) is 17.6 Å². The van der Waals surface area contributed by atoms with E-state index in [0.717, 1.165) is 5.69 Å². The van der Waals surface area contributed by atoms with Crippen molar-refractivity contribution in [1.82, 2.24) is 9.88 Å². The maximum atomic E-state index is 4.23. The Morgan fingerprint density at radius 2 is 2.17 bits per heavy atom. The highest BCUT2D eigenvalue weighted by atomic mass is 15.1. The molecule has 100 valence electrons. The Morgan fingerprint density at radius 3 is 2.94 bits per heavy atom. The van der Waals surface area contributed by atoms with Gasteiger partial charge >= 0.3 is 0 Å². The fourth-order valence-electron chi connectivity index (χ4n) is 2.49. The van der Waals surface area contributed by atoms with Crippen molar-refractivity contribution in [3.8, 4) is 0 Å². The van der Waals surface area contributed by atoms with Gasteiger partial charge in [0, 0.05) is 26.3 Å². The molecule has 4 heteroatoms. The Balaban J connectivity index is 2.04. The van der Waals surface area contributed by atoms with Crippen molar-refractivity contribution in [3.05, 3.63) is 18.5 Å². The van der Waals surface area contributed by atoms with E-state index in [1.165, 1.54) is 38.0 Å². The third-order valence-electron chi connectivity index (χ3n) is 3.59. The first-order valence-electron chi connectivity index (χ1n) is 6.73. The van der Waals surface area contributed by atoms with Crippen molar-refractivity contribution in [1.29, 1.82) is 0 Å². The summed E-state index contributed by atoms with van der Waals surface area (Å²) in [5.74, 6) is 0. The van der Waals surface area contributed by atoms with E-state index in [1.54, 1.807) is 0 Å². The second-order valence-electron chi connectivity index (χ2n) is 5.36. The van der Waals surface area contributed by atoms with Crippen LogP contribution in [0.2, 0.25) is 0 Å². The van der Waals surface area contributed by atoms with E-state index < -0.39 is 0 Å². The molecule has 1 atom stereocenters. The zero-order chi connectivity index (χ0) is 13.0. The van der Waals surface area contributed by atoms with Crippen LogP contribution in [0.3, 0.4) is 0 Å². The summed E-state index contributed by atoms with van der Waals surface area (Å²) >= 11 is 0. The topological polar surface area (TPSA) is 31.4 Å². The lowest BCUT2D eigenvalue weighted by molar-refractivity contribution is 0.348. The van der Waals surface area contributed by atoms with Crippen LogP contribution in [-0.2, 0) is 0 Å². The number of rotatable bonds is 3. The number of likely N-dealkylation sites (tertiary alicyclic amines) is 1. The van der Waals surface area contributed by atoms with E-state index in [9.17, 15) is 0 Å². The first kappa shape index (κ1) is 13.1. The summed E-state index contributed by atoms with van der Waals surface area (Å²) < 4.78 is 0. The van der Waals surface area contributed by atoms with E-state index in [0.29, 0.717) is 6.04 Å². The van der Waals surface area contributed by atoms with Crippen LogP contribution in [0.1, 0.15) is 19.3 Å². The van der Waals surface area contributed by atoms with Crippen LogP contribution in [0.15, 0.2) is 18.5 Å². The monoisotopic (exact) mass is 248 g/mol. The lowest BCUT2D eigenvalue weighted by Gasteiger charge is -2.22. The molecule has 1 aromatic heterocycles. The normalized spacial score (nSPS) is 21.4. The summed E-state index contributed by atoms with van der Waals surface area (Å²) in [4.78, 5) is 8.78. The Labute approximate surface area is 110 Å². The van der Waals surface area contributed by atoms with Gasteiger partial charge in [0.25, 0.3) is 0 Å². The summed E-state index contributed by atoms with van der Waals surface area (Å²) in [6.07, 6.45) is 7.50. The number of hydrogen-bond donors (Lipinski definition) is 1. The van der Waals surface area contributed by atoms with Gasteiger partial charge in [0.15, 0.2) is 0 Å². The second kappa shape index (κ2) is 6.05. The minimum Gasteiger partial charge on any atom is -0.379 e.